The molecule has 0 fully saturated rings. The number of thioether (sulfide) groups is 1. The van der Waals surface area contributed by atoms with Crippen molar-refractivity contribution in [2.24, 2.45) is 0 Å². The average Bonchev–Trinajstić information content (AvgIpc) is 2.43. The fourth-order valence-corrected chi connectivity index (χ4v) is 4.67. The topological polar surface area (TPSA) is 83.6 Å². The van der Waals surface area contributed by atoms with Gasteiger partial charge < -0.3 is 10.8 Å². The molecule has 0 aliphatic rings. The molecule has 120 valence electrons. The van der Waals surface area contributed by atoms with E-state index in [1.165, 1.54) is 16.1 Å². The second-order valence-corrected chi connectivity index (χ2v) is 7.97. The summed E-state index contributed by atoms with van der Waals surface area (Å²) < 4.78 is 25.9. The number of hydrogen-bond donors (Lipinski definition) is 2. The van der Waals surface area contributed by atoms with Gasteiger partial charge >= 0.3 is 0 Å². The number of unbranched alkanes of at least 4 members (excludes halogenated alkanes) is 1. The molecule has 0 aliphatic carbocycles. The Morgan fingerprint density at radius 2 is 2.10 bits per heavy atom. The van der Waals surface area contributed by atoms with Crippen molar-refractivity contribution in [3.05, 3.63) is 24.3 Å². The number of rotatable bonds is 10. The lowest BCUT2D eigenvalue weighted by Crippen LogP contribution is -2.36. The molecule has 21 heavy (non-hydrogen) atoms. The fraction of sp³-hybridized carbons (Fsp3) is 0.571. The number of nitrogen functional groups attached to an aromatic ring is 1. The lowest BCUT2D eigenvalue weighted by Gasteiger charge is -2.20. The van der Waals surface area contributed by atoms with Crippen LogP contribution in [0.25, 0.3) is 0 Å². The van der Waals surface area contributed by atoms with E-state index in [-0.39, 0.29) is 18.9 Å². The smallest absolute Gasteiger partial charge is 0.215 e. The van der Waals surface area contributed by atoms with Crippen molar-refractivity contribution in [1.82, 2.24) is 4.31 Å². The monoisotopic (exact) mass is 332 g/mol. The van der Waals surface area contributed by atoms with E-state index in [1.807, 2.05) is 25.1 Å². The van der Waals surface area contributed by atoms with Crippen molar-refractivity contribution in [1.29, 1.82) is 0 Å². The van der Waals surface area contributed by atoms with E-state index in [0.717, 1.165) is 17.7 Å². The third-order valence-corrected chi connectivity index (χ3v) is 6.10. The third-order valence-electron chi connectivity index (χ3n) is 2.97. The molecule has 7 heteroatoms. The highest BCUT2D eigenvalue weighted by atomic mass is 32.2. The normalized spacial score (nSPS) is 12.0. The van der Waals surface area contributed by atoms with Crippen LogP contribution in [0.4, 0.5) is 5.69 Å². The zero-order chi connectivity index (χ0) is 15.7. The van der Waals surface area contributed by atoms with Crippen molar-refractivity contribution in [3.8, 4) is 0 Å². The molecule has 5 nitrogen and oxygen atoms in total. The summed E-state index contributed by atoms with van der Waals surface area (Å²) in [6.07, 6.45) is 1.73. The summed E-state index contributed by atoms with van der Waals surface area (Å²) >= 11 is 1.47. The van der Waals surface area contributed by atoms with Gasteiger partial charge in [0.1, 0.15) is 0 Å². The highest BCUT2D eigenvalue weighted by molar-refractivity contribution is 8.00. The molecule has 1 rings (SSSR count). The van der Waals surface area contributed by atoms with E-state index in [4.69, 9.17) is 10.8 Å². The summed E-state index contributed by atoms with van der Waals surface area (Å²) in [5, 5.41) is 9.01. The van der Waals surface area contributed by atoms with Gasteiger partial charge in [-0.25, -0.2) is 8.42 Å². The van der Waals surface area contributed by atoms with Crippen LogP contribution in [0.1, 0.15) is 19.8 Å². The van der Waals surface area contributed by atoms with Crippen LogP contribution in [-0.2, 0) is 10.0 Å². The van der Waals surface area contributed by atoms with Crippen molar-refractivity contribution < 1.29 is 13.5 Å². The van der Waals surface area contributed by atoms with E-state index in [0.29, 0.717) is 18.0 Å². The predicted molar refractivity (Wildman–Crippen MR) is 88.9 cm³/mol. The summed E-state index contributed by atoms with van der Waals surface area (Å²) in [6.45, 7) is 2.51. The van der Waals surface area contributed by atoms with E-state index in [1.54, 1.807) is 6.07 Å². The number of anilines is 1. The van der Waals surface area contributed by atoms with Gasteiger partial charge in [-0.05, 0) is 24.6 Å². The molecule has 0 radical (unpaired) electrons. The van der Waals surface area contributed by atoms with Gasteiger partial charge in [0.05, 0.1) is 12.4 Å². The summed E-state index contributed by atoms with van der Waals surface area (Å²) in [6, 6.07) is 7.40. The van der Waals surface area contributed by atoms with Crippen LogP contribution >= 0.6 is 11.8 Å². The molecule has 1 aromatic rings. The van der Waals surface area contributed by atoms with Gasteiger partial charge in [-0.1, -0.05) is 19.4 Å². The molecule has 0 atom stereocenters. The first-order valence-corrected chi connectivity index (χ1v) is 9.66. The summed E-state index contributed by atoms with van der Waals surface area (Å²) in [7, 11) is -3.32. The van der Waals surface area contributed by atoms with Crippen LogP contribution in [0, 0.1) is 0 Å². The molecule has 0 amide bonds. The summed E-state index contributed by atoms with van der Waals surface area (Å²) in [5.41, 5.74) is 6.36. The summed E-state index contributed by atoms with van der Waals surface area (Å²) in [5.74, 6) is 0.538. The second kappa shape index (κ2) is 9.30. The molecule has 0 aliphatic heterocycles. The van der Waals surface area contributed by atoms with Crippen molar-refractivity contribution in [3.63, 3.8) is 0 Å². The standard InChI is InChI=1S/C14H24N2O3S2/c1-2-3-7-16(8-9-17)21(18,19)11-10-20-14-6-4-5-13(15)12-14/h4-6,12,17H,2-3,7-11,15H2,1H3. The highest BCUT2D eigenvalue weighted by Gasteiger charge is 2.20. The molecule has 0 saturated carbocycles. The Morgan fingerprint density at radius 1 is 1.33 bits per heavy atom. The number of aliphatic hydroxyl groups excluding tert-OH is 1. The first-order chi connectivity index (χ1) is 9.99. The highest BCUT2D eigenvalue weighted by Crippen LogP contribution is 2.20. The third kappa shape index (κ3) is 6.69. The molecule has 0 spiro atoms. The van der Waals surface area contributed by atoms with Gasteiger partial charge in [0.25, 0.3) is 0 Å². The SMILES string of the molecule is CCCCN(CCO)S(=O)(=O)CCSc1cccc(N)c1. The number of benzene rings is 1. The minimum absolute atomic E-state index is 0.0657. The Hall–Kier alpha value is -0.760. The number of nitrogens with two attached hydrogens (primary N) is 1. The molecule has 3 N–H and O–H groups in total. The molecule has 0 aromatic heterocycles. The van der Waals surface area contributed by atoms with Gasteiger partial charge in [-0.2, -0.15) is 4.31 Å². The minimum atomic E-state index is -3.32. The number of sulfonamides is 1. The van der Waals surface area contributed by atoms with Crippen molar-refractivity contribution >= 4 is 27.5 Å². The van der Waals surface area contributed by atoms with Crippen LogP contribution in [-0.4, -0.2) is 49.0 Å². The maximum absolute atomic E-state index is 12.3. The maximum atomic E-state index is 12.3. The number of aliphatic hydroxyl groups is 1. The Morgan fingerprint density at radius 3 is 2.71 bits per heavy atom. The van der Waals surface area contributed by atoms with Gasteiger partial charge in [0, 0.05) is 29.4 Å². The second-order valence-electron chi connectivity index (χ2n) is 4.71. The molecule has 0 unspecified atom stereocenters. The zero-order valence-electron chi connectivity index (χ0n) is 12.4. The fourth-order valence-electron chi connectivity index (χ4n) is 1.83. The van der Waals surface area contributed by atoms with Gasteiger partial charge in [0.2, 0.25) is 10.0 Å². The van der Waals surface area contributed by atoms with Gasteiger partial charge in [0.15, 0.2) is 0 Å². The number of nitrogens with zero attached hydrogens (tertiary/aromatic N) is 1. The first-order valence-electron chi connectivity index (χ1n) is 7.06. The van der Waals surface area contributed by atoms with E-state index >= 15 is 0 Å². The van der Waals surface area contributed by atoms with Crippen LogP contribution < -0.4 is 5.73 Å². The van der Waals surface area contributed by atoms with Gasteiger partial charge in [-0.3, -0.25) is 0 Å². The molecular formula is C14H24N2O3S2. The van der Waals surface area contributed by atoms with E-state index < -0.39 is 10.0 Å². The zero-order valence-corrected chi connectivity index (χ0v) is 14.0. The Balaban J connectivity index is 2.53. The van der Waals surface area contributed by atoms with Crippen LogP contribution in [0.2, 0.25) is 0 Å². The van der Waals surface area contributed by atoms with Crippen LogP contribution in [0.5, 0.6) is 0 Å². The van der Waals surface area contributed by atoms with E-state index in [2.05, 4.69) is 0 Å². The predicted octanol–water partition coefficient (Wildman–Crippen LogP) is 1.79. The van der Waals surface area contributed by atoms with Crippen molar-refractivity contribution in [2.75, 3.05) is 36.9 Å². The quantitative estimate of drug-likeness (QED) is 0.504. The van der Waals surface area contributed by atoms with Crippen molar-refractivity contribution in [2.45, 2.75) is 24.7 Å². The summed E-state index contributed by atoms with van der Waals surface area (Å²) in [4.78, 5) is 0.965. The maximum Gasteiger partial charge on any atom is 0.215 e. The minimum Gasteiger partial charge on any atom is -0.399 e. The lowest BCUT2D eigenvalue weighted by molar-refractivity contribution is 0.252. The lowest BCUT2D eigenvalue weighted by atomic mass is 10.3. The molecule has 1 aromatic carbocycles. The Labute approximate surface area is 131 Å². The molecule has 0 bridgehead atoms. The van der Waals surface area contributed by atoms with E-state index in [9.17, 15) is 8.42 Å². The number of hydrogen-bond acceptors (Lipinski definition) is 5. The molecule has 0 saturated heterocycles. The van der Waals surface area contributed by atoms with Crippen LogP contribution in [0.15, 0.2) is 29.2 Å². The van der Waals surface area contributed by atoms with Gasteiger partial charge in [-0.15, -0.1) is 11.8 Å². The van der Waals surface area contributed by atoms with Crippen LogP contribution in [0.3, 0.4) is 0 Å². The molecular weight excluding hydrogens is 308 g/mol. The first kappa shape index (κ1) is 18.3. The Bertz CT molecular complexity index is 521. The largest absolute Gasteiger partial charge is 0.399 e. The average molecular weight is 332 g/mol. The Kier molecular flexibility index (Phi) is 8.10. The molecule has 0 heterocycles.